The van der Waals surface area contributed by atoms with Crippen LogP contribution in [-0.2, 0) is 6.54 Å². The van der Waals surface area contributed by atoms with Gasteiger partial charge in [-0.15, -0.1) is 11.3 Å². The molecule has 0 bridgehead atoms. The fourth-order valence-electron chi connectivity index (χ4n) is 3.09. The summed E-state index contributed by atoms with van der Waals surface area (Å²) in [5, 5.41) is 6.35. The number of anilines is 1. The first-order chi connectivity index (χ1) is 13.3. The normalized spacial score (nSPS) is 12.5. The van der Waals surface area contributed by atoms with Crippen LogP contribution in [0.15, 0.2) is 54.2 Å². The van der Waals surface area contributed by atoms with Gasteiger partial charge in [-0.3, -0.25) is 0 Å². The highest BCUT2D eigenvalue weighted by atomic mass is 32.1. The van der Waals surface area contributed by atoms with E-state index in [1.807, 2.05) is 23.6 Å². The first kappa shape index (κ1) is 16.0. The fourth-order valence-corrected chi connectivity index (χ4v) is 4.00. The molecular weight excluding hydrogens is 365 g/mol. The van der Waals surface area contributed by atoms with Crippen molar-refractivity contribution in [2.24, 2.45) is 0 Å². The minimum absolute atomic E-state index is 0.254. The molecule has 7 heteroatoms. The molecule has 134 valence electrons. The highest BCUT2D eigenvalue weighted by molar-refractivity contribution is 7.17. The van der Waals surface area contributed by atoms with Gasteiger partial charge in [-0.25, -0.2) is 14.4 Å². The van der Waals surface area contributed by atoms with E-state index in [1.165, 1.54) is 12.1 Å². The summed E-state index contributed by atoms with van der Waals surface area (Å²) in [6.45, 7) is 0.843. The molecule has 5 rings (SSSR count). The van der Waals surface area contributed by atoms with Crippen LogP contribution >= 0.6 is 11.3 Å². The van der Waals surface area contributed by atoms with Gasteiger partial charge in [0.1, 0.15) is 22.8 Å². The molecule has 0 radical (unpaired) electrons. The summed E-state index contributed by atoms with van der Waals surface area (Å²) in [7, 11) is 0. The Bertz CT molecular complexity index is 1130. The Morgan fingerprint density at radius 3 is 2.78 bits per heavy atom. The lowest BCUT2D eigenvalue weighted by atomic mass is 10.1. The number of thiophene rings is 1. The lowest BCUT2D eigenvalue weighted by Gasteiger charge is -2.09. The smallest absolute Gasteiger partial charge is 0.231 e. The number of ether oxygens (including phenoxy) is 2. The maximum absolute atomic E-state index is 13.3. The van der Waals surface area contributed by atoms with Crippen molar-refractivity contribution in [1.82, 2.24) is 9.97 Å². The van der Waals surface area contributed by atoms with Crippen LogP contribution in [0, 0.1) is 5.82 Å². The summed E-state index contributed by atoms with van der Waals surface area (Å²) in [6.07, 6.45) is 1.55. The van der Waals surface area contributed by atoms with Gasteiger partial charge in [-0.05, 0) is 35.4 Å². The lowest BCUT2D eigenvalue weighted by Crippen LogP contribution is -2.02. The van der Waals surface area contributed by atoms with E-state index >= 15 is 0 Å². The summed E-state index contributed by atoms with van der Waals surface area (Å²) in [5.41, 5.74) is 2.98. The van der Waals surface area contributed by atoms with Crippen molar-refractivity contribution in [3.63, 3.8) is 0 Å². The SMILES string of the molecule is Fc1ccc(-c2csc3ncnc(NCc4ccc5c(c4)OCO5)c23)cc1. The van der Waals surface area contributed by atoms with E-state index < -0.39 is 0 Å². The third-order valence-corrected chi connectivity index (χ3v) is 5.31. The molecule has 0 unspecified atom stereocenters. The van der Waals surface area contributed by atoms with Gasteiger partial charge in [0.25, 0.3) is 0 Å². The Labute approximate surface area is 158 Å². The average Bonchev–Trinajstić information content (AvgIpc) is 3.33. The number of nitrogens with zero attached hydrogens (tertiary/aromatic N) is 2. The van der Waals surface area contributed by atoms with E-state index in [4.69, 9.17) is 9.47 Å². The Balaban J connectivity index is 1.48. The van der Waals surface area contributed by atoms with Crippen LogP contribution in [0.3, 0.4) is 0 Å². The largest absolute Gasteiger partial charge is 0.454 e. The summed E-state index contributed by atoms with van der Waals surface area (Å²) >= 11 is 1.54. The maximum Gasteiger partial charge on any atom is 0.231 e. The third-order valence-electron chi connectivity index (χ3n) is 4.42. The zero-order valence-electron chi connectivity index (χ0n) is 14.1. The van der Waals surface area contributed by atoms with Gasteiger partial charge in [0.2, 0.25) is 6.79 Å². The number of aromatic nitrogens is 2. The van der Waals surface area contributed by atoms with Gasteiger partial charge in [0.05, 0.1) is 5.39 Å². The molecule has 2 aromatic heterocycles. The Kier molecular flexibility index (Phi) is 3.86. The molecular formula is C20H14FN3O2S. The van der Waals surface area contributed by atoms with Crippen LogP contribution in [0.1, 0.15) is 5.56 Å². The van der Waals surface area contributed by atoms with E-state index in [1.54, 1.807) is 29.8 Å². The highest BCUT2D eigenvalue weighted by Gasteiger charge is 2.15. The molecule has 1 aliphatic rings. The lowest BCUT2D eigenvalue weighted by molar-refractivity contribution is 0.174. The molecule has 1 aliphatic heterocycles. The minimum Gasteiger partial charge on any atom is -0.454 e. The summed E-state index contributed by atoms with van der Waals surface area (Å²) < 4.78 is 24.1. The second kappa shape index (κ2) is 6.51. The van der Waals surface area contributed by atoms with Crippen molar-refractivity contribution < 1.29 is 13.9 Å². The van der Waals surface area contributed by atoms with Crippen LogP contribution in [-0.4, -0.2) is 16.8 Å². The summed E-state index contributed by atoms with van der Waals surface area (Å²) in [4.78, 5) is 9.68. The van der Waals surface area contributed by atoms with Crippen LogP contribution in [0.4, 0.5) is 10.2 Å². The quantitative estimate of drug-likeness (QED) is 0.550. The maximum atomic E-state index is 13.3. The molecule has 27 heavy (non-hydrogen) atoms. The van der Waals surface area contributed by atoms with Crippen molar-refractivity contribution in [2.45, 2.75) is 6.54 Å². The zero-order valence-corrected chi connectivity index (χ0v) is 14.9. The van der Waals surface area contributed by atoms with Gasteiger partial charge in [0.15, 0.2) is 11.5 Å². The second-order valence-corrected chi connectivity index (χ2v) is 6.96. The van der Waals surface area contributed by atoms with Crippen LogP contribution in [0.5, 0.6) is 11.5 Å². The Hall–Kier alpha value is -3.19. The summed E-state index contributed by atoms with van der Waals surface area (Å²) in [5.74, 6) is 2.01. The topological polar surface area (TPSA) is 56.3 Å². The van der Waals surface area contributed by atoms with Crippen LogP contribution < -0.4 is 14.8 Å². The second-order valence-electron chi connectivity index (χ2n) is 6.10. The number of fused-ring (bicyclic) bond motifs is 2. The highest BCUT2D eigenvalue weighted by Crippen LogP contribution is 2.37. The Morgan fingerprint density at radius 1 is 1.04 bits per heavy atom. The number of hydrogen-bond donors (Lipinski definition) is 1. The predicted molar refractivity (Wildman–Crippen MR) is 103 cm³/mol. The van der Waals surface area contributed by atoms with Crippen LogP contribution in [0.2, 0.25) is 0 Å². The van der Waals surface area contributed by atoms with Crippen molar-refractivity contribution >= 4 is 27.4 Å². The molecule has 1 N–H and O–H groups in total. The van der Waals surface area contributed by atoms with E-state index in [0.29, 0.717) is 6.54 Å². The molecule has 2 aromatic carbocycles. The first-order valence-electron chi connectivity index (χ1n) is 8.38. The number of nitrogens with one attached hydrogen (secondary N) is 1. The van der Waals surface area contributed by atoms with Crippen molar-refractivity contribution in [3.8, 4) is 22.6 Å². The van der Waals surface area contributed by atoms with Crippen LogP contribution in [0.25, 0.3) is 21.3 Å². The minimum atomic E-state index is -0.254. The first-order valence-corrected chi connectivity index (χ1v) is 9.26. The van der Waals surface area contributed by atoms with Gasteiger partial charge in [-0.1, -0.05) is 18.2 Å². The zero-order chi connectivity index (χ0) is 18.2. The number of rotatable bonds is 4. The van der Waals surface area contributed by atoms with Gasteiger partial charge < -0.3 is 14.8 Å². The van der Waals surface area contributed by atoms with Crippen molar-refractivity contribution in [3.05, 3.63) is 65.6 Å². The van der Waals surface area contributed by atoms with Gasteiger partial charge >= 0.3 is 0 Å². The standard InChI is InChI=1S/C20H14FN3O2S/c21-14-4-2-13(3-5-14)15-9-27-20-18(15)19(23-10-24-20)22-8-12-1-6-16-17(7-12)26-11-25-16/h1-7,9-10H,8,11H2,(H,22,23,24). The molecule has 0 atom stereocenters. The van der Waals surface area contributed by atoms with Gasteiger partial charge in [0, 0.05) is 17.5 Å². The van der Waals surface area contributed by atoms with Crippen molar-refractivity contribution in [1.29, 1.82) is 0 Å². The van der Waals surface area contributed by atoms with Gasteiger partial charge in [-0.2, -0.15) is 0 Å². The number of hydrogen-bond acceptors (Lipinski definition) is 6. The predicted octanol–water partition coefficient (Wildman–Crippen LogP) is 4.84. The molecule has 4 aromatic rings. The number of benzene rings is 2. The monoisotopic (exact) mass is 379 g/mol. The molecule has 0 saturated carbocycles. The summed E-state index contributed by atoms with van der Waals surface area (Å²) in [6, 6.07) is 12.3. The van der Waals surface area contributed by atoms with E-state index in [9.17, 15) is 4.39 Å². The third kappa shape index (κ3) is 2.96. The molecule has 0 aliphatic carbocycles. The average molecular weight is 379 g/mol. The molecule has 5 nitrogen and oxygen atoms in total. The number of halogens is 1. The van der Waals surface area contributed by atoms with E-state index in [-0.39, 0.29) is 12.6 Å². The molecule has 0 fully saturated rings. The van der Waals surface area contributed by atoms with E-state index in [2.05, 4.69) is 15.3 Å². The molecule has 0 saturated heterocycles. The molecule has 0 amide bonds. The van der Waals surface area contributed by atoms with Crippen molar-refractivity contribution in [2.75, 3.05) is 12.1 Å². The van der Waals surface area contributed by atoms with E-state index in [0.717, 1.165) is 44.2 Å². The Morgan fingerprint density at radius 2 is 1.89 bits per heavy atom. The fraction of sp³-hybridized carbons (Fsp3) is 0.100. The molecule has 3 heterocycles. The molecule has 0 spiro atoms.